The van der Waals surface area contributed by atoms with Gasteiger partial charge in [0.1, 0.15) is 0 Å². The fraction of sp³-hybridized carbons (Fsp3) is 0.857. The van der Waals surface area contributed by atoms with E-state index in [2.05, 4.69) is 40.9 Å². The van der Waals surface area contributed by atoms with Crippen LogP contribution in [0.15, 0.2) is 24.3 Å². The highest BCUT2D eigenvalue weighted by Gasteiger charge is 2.64. The van der Waals surface area contributed by atoms with Crippen LogP contribution in [0.25, 0.3) is 0 Å². The highest BCUT2D eigenvalue weighted by Crippen LogP contribution is 2.70. The van der Waals surface area contributed by atoms with Crippen LogP contribution in [0.1, 0.15) is 91.9 Å². The van der Waals surface area contributed by atoms with E-state index in [1.54, 1.807) is 11.1 Å². The van der Waals surface area contributed by atoms with Crippen LogP contribution >= 0.6 is 0 Å². The molecular formula is C28H44. The first-order valence-corrected chi connectivity index (χ1v) is 12.6. The van der Waals surface area contributed by atoms with Gasteiger partial charge in [0, 0.05) is 0 Å². The summed E-state index contributed by atoms with van der Waals surface area (Å²) in [7, 11) is 0. The Hall–Kier alpha value is -0.520. The average Bonchev–Trinajstić information content (AvgIpc) is 3.30. The molecule has 0 bridgehead atoms. The molecule has 6 fully saturated rings. The first-order valence-electron chi connectivity index (χ1n) is 12.6. The van der Waals surface area contributed by atoms with Crippen molar-refractivity contribution in [1.29, 1.82) is 0 Å². The van der Waals surface area contributed by atoms with Crippen molar-refractivity contribution >= 4 is 0 Å². The summed E-state index contributed by atoms with van der Waals surface area (Å²) in [6.07, 6.45) is 14.5. The molecule has 0 spiro atoms. The average molecular weight is 381 g/mol. The zero-order chi connectivity index (χ0) is 19.8. The van der Waals surface area contributed by atoms with Gasteiger partial charge in [-0.05, 0) is 110 Å². The van der Waals surface area contributed by atoms with Crippen LogP contribution in [0.3, 0.4) is 0 Å². The topological polar surface area (TPSA) is 0 Å². The molecule has 0 saturated heterocycles. The van der Waals surface area contributed by atoms with Crippen LogP contribution in [0.4, 0.5) is 0 Å². The van der Waals surface area contributed by atoms with E-state index in [-0.39, 0.29) is 0 Å². The molecule has 6 aliphatic rings. The van der Waals surface area contributed by atoms with Crippen LogP contribution in [-0.2, 0) is 0 Å². The van der Waals surface area contributed by atoms with Gasteiger partial charge in [-0.3, -0.25) is 0 Å². The molecule has 0 aromatic rings. The van der Waals surface area contributed by atoms with Crippen molar-refractivity contribution in [2.45, 2.75) is 91.9 Å². The van der Waals surface area contributed by atoms with Crippen molar-refractivity contribution in [3.63, 3.8) is 0 Å². The Kier molecular flexibility index (Phi) is 4.50. The minimum Gasteiger partial charge on any atom is -0.0996 e. The van der Waals surface area contributed by atoms with E-state index in [0.29, 0.717) is 10.8 Å². The maximum absolute atomic E-state index is 4.32. The van der Waals surface area contributed by atoms with E-state index in [1.165, 1.54) is 64.2 Å². The Bertz CT molecular complexity index is 606. The van der Waals surface area contributed by atoms with Crippen LogP contribution in [0.5, 0.6) is 0 Å². The van der Waals surface area contributed by atoms with Crippen LogP contribution in [0, 0.1) is 58.2 Å². The molecule has 0 heteroatoms. The summed E-state index contributed by atoms with van der Waals surface area (Å²) in [5.41, 5.74) is 4.49. The highest BCUT2D eigenvalue weighted by molar-refractivity contribution is 5.22. The van der Waals surface area contributed by atoms with Gasteiger partial charge >= 0.3 is 0 Å². The minimum absolute atomic E-state index is 0.649. The molecule has 0 aromatic carbocycles. The molecule has 0 radical (unpaired) electrons. The van der Waals surface area contributed by atoms with Gasteiger partial charge in [0.15, 0.2) is 0 Å². The van der Waals surface area contributed by atoms with Crippen molar-refractivity contribution < 1.29 is 0 Å². The summed E-state index contributed by atoms with van der Waals surface area (Å²) in [5, 5.41) is 0. The highest BCUT2D eigenvalue weighted by atomic mass is 14.7. The fourth-order valence-electron chi connectivity index (χ4n) is 9.14. The molecule has 28 heavy (non-hydrogen) atoms. The Morgan fingerprint density at radius 1 is 0.607 bits per heavy atom. The molecule has 6 aliphatic carbocycles. The van der Waals surface area contributed by atoms with Crippen LogP contribution in [-0.4, -0.2) is 0 Å². The summed E-state index contributed by atoms with van der Waals surface area (Å²) in [4.78, 5) is 0. The van der Waals surface area contributed by atoms with Crippen LogP contribution in [0.2, 0.25) is 0 Å². The lowest BCUT2D eigenvalue weighted by Crippen LogP contribution is -2.13. The number of hydrogen-bond acceptors (Lipinski definition) is 0. The first kappa shape index (κ1) is 19.4. The number of fused-ring (bicyclic) bond motifs is 6. The summed E-state index contributed by atoms with van der Waals surface area (Å²) >= 11 is 0. The number of rotatable bonds is 0. The third-order valence-corrected chi connectivity index (χ3v) is 10.9. The summed E-state index contributed by atoms with van der Waals surface area (Å²) < 4.78 is 0. The van der Waals surface area contributed by atoms with Crippen LogP contribution < -0.4 is 0 Å². The van der Waals surface area contributed by atoms with Gasteiger partial charge in [-0.15, -0.1) is 0 Å². The molecule has 0 heterocycles. The molecule has 8 unspecified atom stereocenters. The second-order valence-electron chi connectivity index (χ2n) is 12.7. The van der Waals surface area contributed by atoms with E-state index in [0.717, 1.165) is 47.3 Å². The molecule has 0 N–H and O–H groups in total. The second-order valence-corrected chi connectivity index (χ2v) is 12.7. The zero-order valence-corrected chi connectivity index (χ0v) is 19.1. The SMILES string of the molecule is C=C1CCC2CCCC3C(C12)C3(C)C.C=C1CCC2CCCC3C(C12)C3(C)C. The van der Waals surface area contributed by atoms with E-state index in [9.17, 15) is 0 Å². The summed E-state index contributed by atoms with van der Waals surface area (Å²) in [6, 6.07) is 0. The molecule has 156 valence electrons. The molecule has 6 rings (SSSR count). The van der Waals surface area contributed by atoms with Gasteiger partial charge in [-0.2, -0.15) is 0 Å². The monoisotopic (exact) mass is 380 g/mol. The van der Waals surface area contributed by atoms with Gasteiger partial charge in [0.25, 0.3) is 0 Å². The summed E-state index contributed by atoms with van der Waals surface area (Å²) in [6.45, 7) is 18.6. The quantitative estimate of drug-likeness (QED) is 0.373. The molecule has 6 saturated carbocycles. The van der Waals surface area contributed by atoms with Gasteiger partial charge in [-0.25, -0.2) is 0 Å². The van der Waals surface area contributed by atoms with E-state index in [4.69, 9.17) is 0 Å². The van der Waals surface area contributed by atoms with Crippen molar-refractivity contribution in [3.8, 4) is 0 Å². The summed E-state index contributed by atoms with van der Waals surface area (Å²) in [5.74, 6) is 7.93. The fourth-order valence-corrected chi connectivity index (χ4v) is 9.14. The van der Waals surface area contributed by atoms with E-state index >= 15 is 0 Å². The lowest BCUT2D eigenvalue weighted by molar-refractivity contribution is 0.325. The lowest BCUT2D eigenvalue weighted by atomic mass is 9.84. The van der Waals surface area contributed by atoms with E-state index in [1.807, 2.05) is 0 Å². The molecule has 0 aromatic heterocycles. The maximum Gasteiger partial charge on any atom is -0.0141 e. The van der Waals surface area contributed by atoms with Gasteiger partial charge < -0.3 is 0 Å². The van der Waals surface area contributed by atoms with Crippen molar-refractivity contribution in [3.05, 3.63) is 24.3 Å². The first-order chi connectivity index (χ1) is 13.2. The zero-order valence-electron chi connectivity index (χ0n) is 19.1. The van der Waals surface area contributed by atoms with Gasteiger partial charge in [0.05, 0.1) is 0 Å². The van der Waals surface area contributed by atoms with Crippen molar-refractivity contribution in [2.75, 3.05) is 0 Å². The van der Waals surface area contributed by atoms with Gasteiger partial charge in [0.2, 0.25) is 0 Å². The second kappa shape index (κ2) is 6.49. The van der Waals surface area contributed by atoms with Crippen molar-refractivity contribution in [1.82, 2.24) is 0 Å². The standard InChI is InChI=1S/2C14H22/c2*1-9-7-8-10-5-4-6-11-13(12(9)10)14(11,2)3/h2*10-13H,1,4-8H2,2-3H3. The number of allylic oxidation sites excluding steroid dienone is 2. The predicted octanol–water partition coefficient (Wildman–Crippen LogP) is 8.05. The van der Waals surface area contributed by atoms with E-state index < -0.39 is 0 Å². The number of hydrogen-bond donors (Lipinski definition) is 0. The molecule has 0 nitrogen and oxygen atoms in total. The molecule has 8 atom stereocenters. The lowest BCUT2D eigenvalue weighted by Gasteiger charge is -2.21. The third-order valence-electron chi connectivity index (χ3n) is 10.9. The Morgan fingerprint density at radius 3 is 1.39 bits per heavy atom. The third kappa shape index (κ3) is 2.83. The molecule has 0 aliphatic heterocycles. The Balaban J connectivity index is 0.000000122. The maximum atomic E-state index is 4.32. The Labute approximate surface area is 174 Å². The van der Waals surface area contributed by atoms with Gasteiger partial charge in [-0.1, -0.05) is 64.8 Å². The largest absolute Gasteiger partial charge is 0.0996 e. The minimum atomic E-state index is 0.649. The van der Waals surface area contributed by atoms with Crippen molar-refractivity contribution in [2.24, 2.45) is 58.2 Å². The Morgan fingerprint density at radius 2 is 1.00 bits per heavy atom. The smallest absolute Gasteiger partial charge is 0.0141 e. The normalized spacial score (nSPS) is 49.4. The predicted molar refractivity (Wildman–Crippen MR) is 120 cm³/mol. The molecular weight excluding hydrogens is 336 g/mol. The molecule has 0 amide bonds.